The maximum atomic E-state index is 6.02. The van der Waals surface area contributed by atoms with Crippen LogP contribution in [0.1, 0.15) is 4.28 Å². The van der Waals surface area contributed by atoms with Crippen LogP contribution in [0.4, 0.5) is 0 Å². The summed E-state index contributed by atoms with van der Waals surface area (Å²) in [6.07, 6.45) is 0. The Morgan fingerprint density at radius 3 is 0.961 bits per heavy atom. The van der Waals surface area contributed by atoms with Crippen molar-refractivity contribution in [2.45, 2.75) is 0 Å². The molecule has 0 spiro atoms. The van der Waals surface area contributed by atoms with Crippen LogP contribution in [0.2, 0.25) is 0 Å². The number of aromatic nitrogens is 3. The topological polar surface area (TPSA) is 27.9 Å². The van der Waals surface area contributed by atoms with Gasteiger partial charge in [0.15, 0.2) is 0 Å². The van der Waals surface area contributed by atoms with E-state index in [1.54, 1.807) is 0 Å². The molecule has 0 atom stereocenters. The molecule has 6 aromatic heterocycles. The van der Waals surface area contributed by atoms with Gasteiger partial charge in [-0.25, -0.2) is 0 Å². The lowest BCUT2D eigenvalue weighted by Gasteiger charge is -2.12. The first-order chi connectivity index (χ1) is 50.5. The molecule has 4 nitrogen and oxygen atoms in total. The fourth-order valence-electron chi connectivity index (χ4n) is 16.1. The second-order valence-electron chi connectivity index (χ2n) is 26.7. The molecule has 22 rings (SSSR count). The van der Waals surface area contributed by atoms with E-state index < -0.39 is 0 Å². The van der Waals surface area contributed by atoms with Crippen LogP contribution < -0.4 is 0 Å². The summed E-state index contributed by atoms with van der Waals surface area (Å²) in [6, 6.07) is 131. The van der Waals surface area contributed by atoms with E-state index in [0.717, 1.165) is 33.3 Å². The standard InChI is InChI=1S/C66H40N2S2.C30H19NO.3H2/c1-5-22-59-51(18-1)55-37-45(26-30-61(55)67(59)49-16-10-14-43(35-49)47-28-32-65-57(39-47)53-20-3-7-24-63(53)69-65)41-12-9-13-42(34-41)46-27-31-62-56(38-46)52-19-2-6-23-60(52)68(62)50-17-11-15-44(36-50)48-29-33-66-58(40-48)54-21-4-8-25-64(54)70-66;1-2-8-22(9-3-1)31-27-12-6-4-10-23(27)25-18-20(14-16-28(25)31)21-15-17-30-26(19-21)24-11-5-7-13-29(24)32-30;;;/h1-40H;1-19H;3*1H. The average Bonchev–Trinajstić information content (AvgIpc) is 1.60. The smallest absolute Gasteiger partial charge is 0.135 e. The van der Waals surface area contributed by atoms with Crippen LogP contribution in [-0.4, -0.2) is 13.7 Å². The van der Waals surface area contributed by atoms with E-state index in [1.807, 2.05) is 34.8 Å². The molecular weight excluding hydrogens is 1280 g/mol. The van der Waals surface area contributed by atoms with Gasteiger partial charge in [-0.3, -0.25) is 0 Å². The predicted octanol–water partition coefficient (Wildman–Crippen LogP) is 28.4. The average molecular weight is 1340 g/mol. The number of nitrogens with zero attached hydrogens (tertiary/aromatic N) is 3. The Labute approximate surface area is 599 Å². The second kappa shape index (κ2) is 23.4. The Balaban J connectivity index is 0.000000188. The Morgan fingerprint density at radius 1 is 0.176 bits per heavy atom. The minimum Gasteiger partial charge on any atom is -0.456 e. The zero-order chi connectivity index (χ0) is 66.9. The summed E-state index contributed by atoms with van der Waals surface area (Å²) >= 11 is 3.73. The molecule has 6 heterocycles. The molecule has 0 amide bonds. The fourth-order valence-corrected chi connectivity index (χ4v) is 18.3. The van der Waals surface area contributed by atoms with E-state index >= 15 is 0 Å². The molecule has 16 aromatic carbocycles. The Morgan fingerprint density at radius 2 is 0.480 bits per heavy atom. The van der Waals surface area contributed by atoms with Crippen molar-refractivity contribution in [3.63, 3.8) is 0 Å². The van der Waals surface area contributed by atoms with Gasteiger partial charge in [0.25, 0.3) is 0 Å². The number of hydrogen-bond acceptors (Lipinski definition) is 3. The van der Waals surface area contributed by atoms with Crippen molar-refractivity contribution in [3.05, 3.63) is 358 Å². The maximum absolute atomic E-state index is 6.02. The molecule has 22 aromatic rings. The van der Waals surface area contributed by atoms with Crippen LogP contribution in [-0.2, 0) is 0 Å². The second-order valence-corrected chi connectivity index (χ2v) is 28.9. The van der Waals surface area contributed by atoms with Gasteiger partial charge in [0.1, 0.15) is 11.2 Å². The molecule has 0 aliphatic rings. The number of hydrogen-bond donors (Lipinski definition) is 0. The third kappa shape index (κ3) is 9.49. The molecule has 0 saturated heterocycles. The highest BCUT2D eigenvalue weighted by Gasteiger charge is 2.20. The maximum Gasteiger partial charge on any atom is 0.135 e. The molecule has 0 aliphatic carbocycles. The van der Waals surface area contributed by atoms with E-state index in [9.17, 15) is 0 Å². The van der Waals surface area contributed by atoms with Gasteiger partial charge in [0.05, 0.1) is 33.1 Å². The minimum atomic E-state index is 0. The number of benzene rings is 16. The SMILES string of the molecule is [HH].[HH].[HH].c1cc(-c2ccc3c(c2)c2ccccc2n3-c2cccc(-c3ccc4sc5ccccc5c4c3)c2)cc(-c2ccc3c(c2)c2ccccc2n3-c2cccc(-c3ccc4sc5ccccc5c4c3)c2)c1.c1ccc(-n2c3ccccc3c3cc(-c4ccc5oc6ccccc6c5c4)ccc32)cc1. The van der Waals surface area contributed by atoms with Gasteiger partial charge in [0.2, 0.25) is 0 Å². The summed E-state index contributed by atoms with van der Waals surface area (Å²) in [6.45, 7) is 0. The number of fused-ring (bicyclic) bond motifs is 18. The number of furan rings is 1. The summed E-state index contributed by atoms with van der Waals surface area (Å²) < 4.78 is 18.5. The normalized spacial score (nSPS) is 11.9. The van der Waals surface area contributed by atoms with E-state index in [4.69, 9.17) is 4.42 Å². The summed E-state index contributed by atoms with van der Waals surface area (Å²) in [7, 11) is 0. The van der Waals surface area contributed by atoms with Gasteiger partial charge in [-0.1, -0.05) is 206 Å². The number of para-hydroxylation sites is 5. The van der Waals surface area contributed by atoms with Crippen molar-refractivity contribution >= 4 is 150 Å². The van der Waals surface area contributed by atoms with Gasteiger partial charge < -0.3 is 18.1 Å². The lowest BCUT2D eigenvalue weighted by Crippen LogP contribution is -1.94. The predicted molar refractivity (Wildman–Crippen MR) is 442 cm³/mol. The van der Waals surface area contributed by atoms with Crippen LogP contribution in [0.5, 0.6) is 0 Å². The van der Waals surface area contributed by atoms with Crippen LogP contribution in [0.15, 0.2) is 362 Å². The Kier molecular flexibility index (Phi) is 13.3. The molecule has 0 saturated carbocycles. The molecule has 0 unspecified atom stereocenters. The number of thiophene rings is 2. The molecule has 6 heteroatoms. The zero-order valence-electron chi connectivity index (χ0n) is 55.1. The van der Waals surface area contributed by atoms with Crippen molar-refractivity contribution in [2.24, 2.45) is 0 Å². The highest BCUT2D eigenvalue weighted by atomic mass is 32.1. The Hall–Kier alpha value is -12.8. The molecular formula is C96H65N3OS2. The third-order valence-electron chi connectivity index (χ3n) is 20.9. The van der Waals surface area contributed by atoms with Gasteiger partial charge in [-0.2, -0.15) is 0 Å². The van der Waals surface area contributed by atoms with Crippen LogP contribution in [0.3, 0.4) is 0 Å². The van der Waals surface area contributed by atoms with Crippen molar-refractivity contribution in [1.82, 2.24) is 13.7 Å². The molecule has 482 valence electrons. The molecule has 0 radical (unpaired) electrons. The van der Waals surface area contributed by atoms with E-state index in [2.05, 4.69) is 359 Å². The van der Waals surface area contributed by atoms with Gasteiger partial charge in [-0.15, -0.1) is 22.7 Å². The summed E-state index contributed by atoms with van der Waals surface area (Å²) in [5, 5.41) is 15.1. The van der Waals surface area contributed by atoms with Gasteiger partial charge in [-0.05, 0) is 207 Å². The molecule has 0 aliphatic heterocycles. The van der Waals surface area contributed by atoms with E-state index in [0.29, 0.717) is 0 Å². The van der Waals surface area contributed by atoms with Crippen LogP contribution in [0.25, 0.3) is 200 Å². The molecule has 0 bridgehead atoms. The van der Waals surface area contributed by atoms with E-state index in [-0.39, 0.29) is 4.28 Å². The van der Waals surface area contributed by atoms with Crippen LogP contribution in [0, 0.1) is 0 Å². The fraction of sp³-hybridized carbons (Fsp3) is 0. The summed E-state index contributed by atoms with van der Waals surface area (Å²) in [5.41, 5.74) is 24.7. The van der Waals surface area contributed by atoms with Crippen molar-refractivity contribution in [1.29, 1.82) is 0 Å². The summed E-state index contributed by atoms with van der Waals surface area (Å²) in [5.74, 6) is 0. The minimum absolute atomic E-state index is 0. The lowest BCUT2D eigenvalue weighted by atomic mass is 9.97. The quantitative estimate of drug-likeness (QED) is 0.149. The van der Waals surface area contributed by atoms with Crippen molar-refractivity contribution in [3.8, 4) is 72.7 Å². The summed E-state index contributed by atoms with van der Waals surface area (Å²) in [4.78, 5) is 0. The van der Waals surface area contributed by atoms with Gasteiger partial charge in [0, 0.05) is 105 Å². The van der Waals surface area contributed by atoms with Crippen molar-refractivity contribution < 1.29 is 8.70 Å². The van der Waals surface area contributed by atoms with Crippen molar-refractivity contribution in [2.75, 3.05) is 0 Å². The molecule has 102 heavy (non-hydrogen) atoms. The largest absolute Gasteiger partial charge is 0.456 e. The van der Waals surface area contributed by atoms with E-state index in [1.165, 1.54) is 167 Å². The first-order valence-corrected chi connectivity index (χ1v) is 36.4. The number of rotatable bonds is 8. The van der Waals surface area contributed by atoms with Gasteiger partial charge >= 0.3 is 0 Å². The molecule has 0 fully saturated rings. The highest BCUT2D eigenvalue weighted by Crippen LogP contribution is 2.44. The lowest BCUT2D eigenvalue weighted by molar-refractivity contribution is 0.669. The highest BCUT2D eigenvalue weighted by molar-refractivity contribution is 7.26. The first-order valence-electron chi connectivity index (χ1n) is 34.8. The monoisotopic (exact) mass is 1340 g/mol. The van der Waals surface area contributed by atoms with Crippen LogP contribution >= 0.6 is 22.7 Å². The zero-order valence-corrected chi connectivity index (χ0v) is 56.8. The first kappa shape index (κ1) is 58.2. The molecule has 0 N–H and O–H groups in total. The third-order valence-corrected chi connectivity index (χ3v) is 23.2. The Bertz CT molecular complexity index is 6880.